The minimum atomic E-state index is -0.926. The van der Waals surface area contributed by atoms with Gasteiger partial charge in [0.15, 0.2) is 5.58 Å². The van der Waals surface area contributed by atoms with E-state index in [9.17, 15) is 9.59 Å². The standard InChI is InChI=1S/C13H16N2O4/c1-3-8(12(16)17)11(14)7-4-5-9-10(6-7)19-13(18)15(9)2/h4-6,8,11H,3,14H2,1-2H3,(H,16,17). The molecule has 2 rings (SSSR count). The maximum atomic E-state index is 11.4. The molecule has 0 aliphatic rings. The third-order valence-electron chi connectivity index (χ3n) is 3.39. The van der Waals surface area contributed by atoms with Gasteiger partial charge < -0.3 is 15.3 Å². The Labute approximate surface area is 109 Å². The molecule has 3 N–H and O–H groups in total. The molecule has 2 unspecified atom stereocenters. The molecule has 2 atom stereocenters. The van der Waals surface area contributed by atoms with Crippen LogP contribution in [-0.4, -0.2) is 15.6 Å². The number of aryl methyl sites for hydroxylation is 1. The van der Waals surface area contributed by atoms with Crippen molar-refractivity contribution in [1.29, 1.82) is 0 Å². The zero-order valence-corrected chi connectivity index (χ0v) is 10.8. The van der Waals surface area contributed by atoms with Gasteiger partial charge in [0, 0.05) is 13.1 Å². The molecule has 6 nitrogen and oxygen atoms in total. The van der Waals surface area contributed by atoms with E-state index in [1.54, 1.807) is 32.2 Å². The largest absolute Gasteiger partial charge is 0.481 e. The maximum Gasteiger partial charge on any atom is 0.419 e. The van der Waals surface area contributed by atoms with E-state index in [0.717, 1.165) is 0 Å². The van der Waals surface area contributed by atoms with Gasteiger partial charge in [-0.25, -0.2) is 4.79 Å². The summed E-state index contributed by atoms with van der Waals surface area (Å²) in [4.78, 5) is 22.5. The first-order valence-electron chi connectivity index (χ1n) is 6.03. The molecule has 0 saturated carbocycles. The van der Waals surface area contributed by atoms with Crippen molar-refractivity contribution in [1.82, 2.24) is 4.57 Å². The van der Waals surface area contributed by atoms with Crippen molar-refractivity contribution in [3.63, 3.8) is 0 Å². The van der Waals surface area contributed by atoms with Gasteiger partial charge in [0.25, 0.3) is 0 Å². The van der Waals surface area contributed by atoms with Gasteiger partial charge in [0.05, 0.1) is 11.4 Å². The van der Waals surface area contributed by atoms with Crippen LogP contribution < -0.4 is 11.5 Å². The van der Waals surface area contributed by atoms with E-state index in [1.165, 1.54) is 4.57 Å². The van der Waals surface area contributed by atoms with Crippen LogP contribution in [0.15, 0.2) is 27.4 Å². The van der Waals surface area contributed by atoms with Crippen LogP contribution in [0.5, 0.6) is 0 Å². The van der Waals surface area contributed by atoms with Gasteiger partial charge >= 0.3 is 11.7 Å². The number of carboxylic acid groups (broad SMARTS) is 1. The number of nitrogens with two attached hydrogens (primary N) is 1. The van der Waals surface area contributed by atoms with E-state index in [0.29, 0.717) is 23.1 Å². The highest BCUT2D eigenvalue weighted by molar-refractivity contribution is 5.75. The molecule has 0 aliphatic carbocycles. The molecule has 0 spiro atoms. The molecule has 0 saturated heterocycles. The second-order valence-corrected chi connectivity index (χ2v) is 4.53. The number of benzene rings is 1. The lowest BCUT2D eigenvalue weighted by Gasteiger charge is -2.18. The predicted octanol–water partition coefficient (Wildman–Crippen LogP) is 1.24. The molecule has 6 heteroatoms. The Hall–Kier alpha value is -2.08. The van der Waals surface area contributed by atoms with Crippen LogP contribution >= 0.6 is 0 Å². The summed E-state index contributed by atoms with van der Waals surface area (Å²) < 4.78 is 6.46. The Kier molecular flexibility index (Phi) is 3.44. The third kappa shape index (κ3) is 2.26. The number of carbonyl (C=O) groups is 1. The lowest BCUT2D eigenvalue weighted by atomic mass is 9.91. The highest BCUT2D eigenvalue weighted by Gasteiger charge is 2.25. The molecular weight excluding hydrogens is 248 g/mol. The maximum absolute atomic E-state index is 11.4. The van der Waals surface area contributed by atoms with Gasteiger partial charge in [-0.1, -0.05) is 13.0 Å². The molecule has 2 aromatic rings. The molecule has 0 amide bonds. The monoisotopic (exact) mass is 264 g/mol. The Morgan fingerprint density at radius 1 is 1.53 bits per heavy atom. The molecule has 102 valence electrons. The number of aromatic nitrogens is 1. The van der Waals surface area contributed by atoms with Gasteiger partial charge in [-0.3, -0.25) is 9.36 Å². The second-order valence-electron chi connectivity index (χ2n) is 4.53. The average molecular weight is 264 g/mol. The summed E-state index contributed by atoms with van der Waals surface area (Å²) in [6.07, 6.45) is 0.438. The predicted molar refractivity (Wildman–Crippen MR) is 69.8 cm³/mol. The van der Waals surface area contributed by atoms with E-state index in [1.807, 2.05) is 0 Å². The normalized spacial score (nSPS) is 14.5. The van der Waals surface area contributed by atoms with Crippen LogP contribution in [0.4, 0.5) is 0 Å². The van der Waals surface area contributed by atoms with E-state index in [2.05, 4.69) is 0 Å². The first-order valence-corrected chi connectivity index (χ1v) is 6.03. The van der Waals surface area contributed by atoms with E-state index in [-0.39, 0.29) is 0 Å². The Bertz CT molecular complexity index is 671. The van der Waals surface area contributed by atoms with Crippen LogP contribution in [0.1, 0.15) is 24.9 Å². The van der Waals surface area contributed by atoms with Crippen LogP contribution in [0.3, 0.4) is 0 Å². The lowest BCUT2D eigenvalue weighted by molar-refractivity contribution is -0.142. The quantitative estimate of drug-likeness (QED) is 0.865. The fraction of sp³-hybridized carbons (Fsp3) is 0.385. The van der Waals surface area contributed by atoms with Crippen molar-refractivity contribution in [2.24, 2.45) is 18.7 Å². The number of hydrogen-bond acceptors (Lipinski definition) is 4. The Morgan fingerprint density at radius 3 is 2.79 bits per heavy atom. The molecular formula is C13H16N2O4. The van der Waals surface area contributed by atoms with Crippen molar-refractivity contribution in [2.75, 3.05) is 0 Å². The summed E-state index contributed by atoms with van der Waals surface area (Å²) in [6, 6.07) is 4.45. The van der Waals surface area contributed by atoms with Crippen molar-refractivity contribution in [3.8, 4) is 0 Å². The minimum absolute atomic E-state index is 0.417. The highest BCUT2D eigenvalue weighted by atomic mass is 16.4. The number of aliphatic carboxylic acids is 1. The molecule has 1 aromatic heterocycles. The summed E-state index contributed by atoms with van der Waals surface area (Å²) in [7, 11) is 1.61. The lowest BCUT2D eigenvalue weighted by Crippen LogP contribution is -2.27. The second kappa shape index (κ2) is 4.89. The van der Waals surface area contributed by atoms with Gasteiger partial charge in [-0.2, -0.15) is 0 Å². The summed E-state index contributed by atoms with van der Waals surface area (Å²) in [5, 5.41) is 9.11. The fourth-order valence-electron chi connectivity index (χ4n) is 2.17. The number of oxazole rings is 1. The van der Waals surface area contributed by atoms with Gasteiger partial charge in [-0.05, 0) is 24.1 Å². The molecule has 0 aliphatic heterocycles. The van der Waals surface area contributed by atoms with Crippen LogP contribution in [0.25, 0.3) is 11.1 Å². The number of hydrogen-bond donors (Lipinski definition) is 2. The Morgan fingerprint density at radius 2 is 2.21 bits per heavy atom. The number of nitrogens with zero attached hydrogens (tertiary/aromatic N) is 1. The zero-order valence-electron chi connectivity index (χ0n) is 10.8. The highest BCUT2D eigenvalue weighted by Crippen LogP contribution is 2.25. The van der Waals surface area contributed by atoms with Crippen molar-refractivity contribution in [3.05, 3.63) is 34.3 Å². The van der Waals surface area contributed by atoms with Crippen LogP contribution in [0, 0.1) is 5.92 Å². The average Bonchev–Trinajstić information content (AvgIpc) is 2.65. The molecule has 0 radical (unpaired) electrons. The number of fused-ring (bicyclic) bond motifs is 1. The van der Waals surface area contributed by atoms with Gasteiger partial charge in [0.2, 0.25) is 0 Å². The summed E-state index contributed by atoms with van der Waals surface area (Å²) in [5.41, 5.74) is 7.70. The number of carboxylic acids is 1. The van der Waals surface area contributed by atoms with E-state index < -0.39 is 23.7 Å². The van der Waals surface area contributed by atoms with Crippen molar-refractivity contribution >= 4 is 17.1 Å². The minimum Gasteiger partial charge on any atom is -0.481 e. The molecule has 1 heterocycles. The van der Waals surface area contributed by atoms with Gasteiger partial charge in [-0.15, -0.1) is 0 Å². The van der Waals surface area contributed by atoms with E-state index in [4.69, 9.17) is 15.3 Å². The van der Waals surface area contributed by atoms with E-state index >= 15 is 0 Å². The SMILES string of the molecule is CCC(C(=O)O)C(N)c1ccc2c(c1)oc(=O)n2C. The molecule has 0 bridgehead atoms. The topological polar surface area (TPSA) is 98.5 Å². The third-order valence-corrected chi connectivity index (χ3v) is 3.39. The summed E-state index contributed by atoms with van der Waals surface area (Å²) >= 11 is 0. The summed E-state index contributed by atoms with van der Waals surface area (Å²) in [6.45, 7) is 1.78. The first kappa shape index (κ1) is 13.4. The Balaban J connectivity index is 2.46. The first-order chi connectivity index (χ1) is 8.95. The molecule has 1 aromatic carbocycles. The fourth-order valence-corrected chi connectivity index (χ4v) is 2.17. The smallest absolute Gasteiger partial charge is 0.419 e. The summed E-state index contributed by atoms with van der Waals surface area (Å²) in [5.74, 6) is -2.04. The molecule has 0 fully saturated rings. The van der Waals surface area contributed by atoms with Crippen molar-refractivity contribution in [2.45, 2.75) is 19.4 Å². The van der Waals surface area contributed by atoms with Crippen molar-refractivity contribution < 1.29 is 14.3 Å². The zero-order chi connectivity index (χ0) is 14.2. The van der Waals surface area contributed by atoms with Crippen LogP contribution in [-0.2, 0) is 11.8 Å². The number of rotatable bonds is 4. The molecule has 19 heavy (non-hydrogen) atoms. The van der Waals surface area contributed by atoms with Gasteiger partial charge in [0.1, 0.15) is 0 Å². The van der Waals surface area contributed by atoms with Crippen LogP contribution in [0.2, 0.25) is 0 Å².